The van der Waals surface area contributed by atoms with Crippen LogP contribution in [0.5, 0.6) is 0 Å². The third-order valence-electron chi connectivity index (χ3n) is 4.91. The van der Waals surface area contributed by atoms with Crippen LogP contribution in [0.1, 0.15) is 28.4 Å². The van der Waals surface area contributed by atoms with Crippen molar-refractivity contribution in [1.29, 1.82) is 0 Å². The van der Waals surface area contributed by atoms with Crippen molar-refractivity contribution in [2.24, 2.45) is 0 Å². The summed E-state index contributed by atoms with van der Waals surface area (Å²) in [5.74, 6) is -0.0431. The number of nitrogens with one attached hydrogen (secondary N) is 1. The summed E-state index contributed by atoms with van der Waals surface area (Å²) in [4.78, 5) is 28.4. The predicted octanol–water partition coefficient (Wildman–Crippen LogP) is 2.95. The summed E-state index contributed by atoms with van der Waals surface area (Å²) in [5.41, 5.74) is 3.89. The molecule has 0 aromatic heterocycles. The van der Waals surface area contributed by atoms with Crippen molar-refractivity contribution in [2.45, 2.75) is 20.4 Å². The van der Waals surface area contributed by atoms with Gasteiger partial charge in [0.15, 0.2) is 5.78 Å². The number of anilines is 1. The minimum absolute atomic E-state index is 0.00389. The minimum Gasteiger partial charge on any atom is -0.325 e. The zero-order valence-electron chi connectivity index (χ0n) is 16.1. The van der Waals surface area contributed by atoms with E-state index in [1.807, 2.05) is 6.07 Å². The number of aryl methyl sites for hydroxylation is 1. The van der Waals surface area contributed by atoms with Crippen LogP contribution in [0.4, 0.5) is 5.69 Å². The molecule has 142 valence electrons. The van der Waals surface area contributed by atoms with Gasteiger partial charge in [-0.15, -0.1) is 0 Å². The van der Waals surface area contributed by atoms with Gasteiger partial charge >= 0.3 is 0 Å². The van der Waals surface area contributed by atoms with Gasteiger partial charge in [-0.05, 0) is 31.5 Å². The summed E-state index contributed by atoms with van der Waals surface area (Å²) in [6.45, 7) is 8.64. The molecule has 0 bridgehead atoms. The Bertz CT molecular complexity index is 793. The molecule has 0 spiro atoms. The molecule has 1 fully saturated rings. The first-order valence-electron chi connectivity index (χ1n) is 9.41. The van der Waals surface area contributed by atoms with Crippen LogP contribution < -0.4 is 5.32 Å². The average Bonchev–Trinajstić information content (AvgIpc) is 2.65. The number of ketones is 1. The zero-order valence-corrected chi connectivity index (χ0v) is 16.1. The first kappa shape index (κ1) is 19.3. The molecule has 0 radical (unpaired) electrons. The highest BCUT2D eigenvalue weighted by Gasteiger charge is 2.19. The molecular formula is C22H27N3O2. The molecule has 0 saturated carbocycles. The zero-order chi connectivity index (χ0) is 19.2. The van der Waals surface area contributed by atoms with Crippen molar-refractivity contribution in [1.82, 2.24) is 9.80 Å². The van der Waals surface area contributed by atoms with Gasteiger partial charge in [0.1, 0.15) is 0 Å². The number of benzene rings is 2. The summed E-state index contributed by atoms with van der Waals surface area (Å²) in [6.07, 6.45) is 0. The third kappa shape index (κ3) is 5.74. The number of piperazine rings is 1. The Morgan fingerprint density at radius 3 is 2.30 bits per heavy atom. The maximum atomic E-state index is 12.3. The normalized spacial score (nSPS) is 15.5. The number of amides is 1. The maximum Gasteiger partial charge on any atom is 0.238 e. The largest absolute Gasteiger partial charge is 0.325 e. The van der Waals surface area contributed by atoms with Gasteiger partial charge in [-0.25, -0.2) is 0 Å². The second-order valence-electron chi connectivity index (χ2n) is 7.22. The topological polar surface area (TPSA) is 52.7 Å². The van der Waals surface area contributed by atoms with E-state index in [0.29, 0.717) is 17.8 Å². The summed E-state index contributed by atoms with van der Waals surface area (Å²) < 4.78 is 0. The Labute approximate surface area is 161 Å². The van der Waals surface area contributed by atoms with Gasteiger partial charge in [-0.3, -0.25) is 19.4 Å². The molecule has 1 aliphatic rings. The number of carbonyl (C=O) groups excluding carboxylic acids is 2. The second kappa shape index (κ2) is 8.93. The summed E-state index contributed by atoms with van der Waals surface area (Å²) in [7, 11) is 0. The fourth-order valence-electron chi connectivity index (χ4n) is 3.28. The summed E-state index contributed by atoms with van der Waals surface area (Å²) in [6, 6.07) is 15.7. The first-order chi connectivity index (χ1) is 13.0. The van der Waals surface area contributed by atoms with E-state index in [9.17, 15) is 9.59 Å². The number of rotatable bonds is 6. The summed E-state index contributed by atoms with van der Waals surface area (Å²) in [5, 5.41) is 2.89. The Morgan fingerprint density at radius 1 is 0.963 bits per heavy atom. The lowest BCUT2D eigenvalue weighted by molar-refractivity contribution is -0.117. The monoisotopic (exact) mass is 365 g/mol. The first-order valence-corrected chi connectivity index (χ1v) is 9.41. The van der Waals surface area contributed by atoms with Crippen molar-refractivity contribution in [3.05, 3.63) is 65.2 Å². The molecule has 3 rings (SSSR count). The van der Waals surface area contributed by atoms with Crippen LogP contribution in [0.15, 0.2) is 48.5 Å². The Balaban J connectivity index is 1.44. The van der Waals surface area contributed by atoms with Gasteiger partial charge in [-0.1, -0.05) is 42.0 Å². The molecule has 5 nitrogen and oxygen atoms in total. The number of Topliss-reactive ketones (excluding diaryl/α,β-unsaturated/α-hetero) is 1. The molecular weight excluding hydrogens is 338 g/mol. The van der Waals surface area contributed by atoms with Crippen LogP contribution in [-0.4, -0.2) is 54.2 Å². The highest BCUT2D eigenvalue weighted by Crippen LogP contribution is 2.12. The smallest absolute Gasteiger partial charge is 0.238 e. The Kier molecular flexibility index (Phi) is 6.37. The number of hydrogen-bond donors (Lipinski definition) is 1. The fraction of sp³-hybridized carbons (Fsp3) is 0.364. The molecule has 1 N–H and O–H groups in total. The van der Waals surface area contributed by atoms with Crippen molar-refractivity contribution in [3.8, 4) is 0 Å². The maximum absolute atomic E-state index is 12.3. The quantitative estimate of drug-likeness (QED) is 0.800. The Hall–Kier alpha value is -2.50. The average molecular weight is 365 g/mol. The molecule has 0 unspecified atom stereocenters. The van der Waals surface area contributed by atoms with E-state index < -0.39 is 0 Å². The highest BCUT2D eigenvalue weighted by atomic mass is 16.2. The third-order valence-corrected chi connectivity index (χ3v) is 4.91. The molecule has 0 aliphatic carbocycles. The highest BCUT2D eigenvalue weighted by molar-refractivity contribution is 5.97. The predicted molar refractivity (Wildman–Crippen MR) is 108 cm³/mol. The van der Waals surface area contributed by atoms with E-state index in [2.05, 4.69) is 46.3 Å². The van der Waals surface area contributed by atoms with E-state index in [-0.39, 0.29) is 11.7 Å². The molecule has 2 aromatic rings. The molecule has 2 aromatic carbocycles. The number of nitrogens with zero attached hydrogens (tertiary/aromatic N) is 2. The molecule has 1 heterocycles. The lowest BCUT2D eigenvalue weighted by atomic mass is 10.1. The van der Waals surface area contributed by atoms with E-state index in [1.165, 1.54) is 18.1 Å². The fourth-order valence-corrected chi connectivity index (χ4v) is 3.28. The van der Waals surface area contributed by atoms with Gasteiger partial charge < -0.3 is 5.32 Å². The van der Waals surface area contributed by atoms with Gasteiger partial charge in [0.05, 0.1) is 6.54 Å². The molecule has 0 atom stereocenters. The van der Waals surface area contributed by atoms with E-state index in [0.717, 1.165) is 32.7 Å². The SMILES string of the molecule is CC(=O)c1cccc(NC(=O)CN2CCN(Cc3ccc(C)cc3)CC2)c1. The molecule has 27 heavy (non-hydrogen) atoms. The van der Waals surface area contributed by atoms with Crippen LogP contribution in [0.25, 0.3) is 0 Å². The van der Waals surface area contributed by atoms with E-state index in [4.69, 9.17) is 0 Å². The van der Waals surface area contributed by atoms with Crippen LogP contribution in [0.3, 0.4) is 0 Å². The number of carbonyl (C=O) groups is 2. The Morgan fingerprint density at radius 2 is 1.63 bits per heavy atom. The molecule has 1 amide bonds. The van der Waals surface area contributed by atoms with E-state index in [1.54, 1.807) is 18.2 Å². The van der Waals surface area contributed by atoms with Crippen LogP contribution in [-0.2, 0) is 11.3 Å². The van der Waals surface area contributed by atoms with Gasteiger partial charge in [0.25, 0.3) is 0 Å². The van der Waals surface area contributed by atoms with Crippen molar-refractivity contribution in [3.63, 3.8) is 0 Å². The van der Waals surface area contributed by atoms with Crippen LogP contribution in [0.2, 0.25) is 0 Å². The van der Waals surface area contributed by atoms with Crippen molar-refractivity contribution in [2.75, 3.05) is 38.0 Å². The lowest BCUT2D eigenvalue weighted by Gasteiger charge is -2.34. The standard InChI is InChI=1S/C22H27N3O2/c1-17-6-8-19(9-7-17)15-24-10-12-25(13-11-24)16-22(27)23-21-5-3-4-20(14-21)18(2)26/h3-9,14H,10-13,15-16H2,1-2H3,(H,23,27). The van der Waals surface area contributed by atoms with Crippen LogP contribution >= 0.6 is 0 Å². The van der Waals surface area contributed by atoms with E-state index >= 15 is 0 Å². The second-order valence-corrected chi connectivity index (χ2v) is 7.22. The van der Waals surface area contributed by atoms with Crippen molar-refractivity contribution < 1.29 is 9.59 Å². The van der Waals surface area contributed by atoms with Crippen LogP contribution in [0, 0.1) is 6.92 Å². The molecule has 1 saturated heterocycles. The van der Waals surface area contributed by atoms with Crippen molar-refractivity contribution >= 4 is 17.4 Å². The van der Waals surface area contributed by atoms with Gasteiger partial charge in [0, 0.05) is 44.0 Å². The number of hydrogen-bond acceptors (Lipinski definition) is 4. The molecule has 5 heteroatoms. The minimum atomic E-state index is -0.0392. The lowest BCUT2D eigenvalue weighted by Crippen LogP contribution is -2.48. The van der Waals surface area contributed by atoms with Gasteiger partial charge in [-0.2, -0.15) is 0 Å². The molecule has 1 aliphatic heterocycles. The summed E-state index contributed by atoms with van der Waals surface area (Å²) >= 11 is 0. The van der Waals surface area contributed by atoms with Gasteiger partial charge in [0.2, 0.25) is 5.91 Å².